The van der Waals surface area contributed by atoms with E-state index in [9.17, 15) is 9.59 Å². The number of rotatable bonds is 2. The zero-order chi connectivity index (χ0) is 8.28. The quantitative estimate of drug-likeness (QED) is 0.636. The maximum atomic E-state index is 10.7. The first kappa shape index (κ1) is 7.10. The van der Waals surface area contributed by atoms with Gasteiger partial charge in [-0.05, 0) is 30.9 Å². The van der Waals surface area contributed by atoms with Crippen molar-refractivity contribution >= 4 is 22.8 Å². The molecular formula is C7H7ClO3. The Morgan fingerprint density at radius 1 is 1.18 bits per heavy atom. The number of hydrogen-bond acceptors (Lipinski definition) is 2. The third-order valence-corrected chi connectivity index (χ3v) is 3.30. The summed E-state index contributed by atoms with van der Waals surface area (Å²) in [7, 11) is 0. The van der Waals surface area contributed by atoms with Crippen molar-refractivity contribution in [1.29, 1.82) is 0 Å². The molecule has 3 nitrogen and oxygen atoms in total. The lowest BCUT2D eigenvalue weighted by atomic mass is 9.35. The molecule has 0 spiro atoms. The monoisotopic (exact) mass is 174 g/mol. The van der Waals surface area contributed by atoms with Gasteiger partial charge in [-0.15, -0.1) is 0 Å². The topological polar surface area (TPSA) is 54.4 Å². The Morgan fingerprint density at radius 3 is 1.91 bits per heavy atom. The first-order chi connectivity index (χ1) is 5.01. The fourth-order valence-electron chi connectivity index (χ4n) is 2.22. The number of carboxylic acids is 1. The Morgan fingerprint density at radius 2 is 1.64 bits per heavy atom. The van der Waals surface area contributed by atoms with Gasteiger partial charge in [0.25, 0.3) is 0 Å². The predicted octanol–water partition coefficient (Wildman–Crippen LogP) is 1.01. The second kappa shape index (κ2) is 1.61. The fraction of sp³-hybridized carbons (Fsp3) is 0.714. The summed E-state index contributed by atoms with van der Waals surface area (Å²) in [6.45, 7) is 0. The number of hydrogen-bond donors (Lipinski definition) is 1. The highest BCUT2D eigenvalue weighted by atomic mass is 35.5. The molecule has 1 N–H and O–H groups in total. The molecule has 3 aliphatic carbocycles. The van der Waals surface area contributed by atoms with Crippen LogP contribution in [0.25, 0.3) is 0 Å². The van der Waals surface area contributed by atoms with Gasteiger partial charge in [0, 0.05) is 5.41 Å². The number of carbonyl (C=O) groups excluding carboxylic acids is 1. The number of halogens is 1. The first-order valence-corrected chi connectivity index (χ1v) is 3.82. The molecule has 0 unspecified atom stereocenters. The minimum atomic E-state index is -0.780. The molecule has 0 aromatic carbocycles. The standard InChI is InChI=1S/C7H7ClO3/c8-4(9)6-1-7(2-6,3-6)5(10)11/h1-3H2,(H,10,11). The maximum Gasteiger partial charge on any atom is 0.309 e. The second-order valence-corrected chi connectivity index (χ2v) is 4.01. The molecule has 3 rings (SSSR count). The van der Waals surface area contributed by atoms with Crippen LogP contribution in [0.2, 0.25) is 0 Å². The Kier molecular flexibility index (Phi) is 1.04. The lowest BCUT2D eigenvalue weighted by Gasteiger charge is -2.65. The summed E-state index contributed by atoms with van der Waals surface area (Å²) in [5, 5.41) is 8.31. The summed E-state index contributed by atoms with van der Waals surface area (Å²) in [4.78, 5) is 21.3. The minimum Gasteiger partial charge on any atom is -0.481 e. The van der Waals surface area contributed by atoms with Crippen molar-refractivity contribution in [2.24, 2.45) is 10.8 Å². The van der Waals surface area contributed by atoms with Crippen LogP contribution in [-0.4, -0.2) is 16.3 Å². The third-order valence-electron chi connectivity index (χ3n) is 2.90. The highest BCUT2D eigenvalue weighted by molar-refractivity contribution is 6.65. The van der Waals surface area contributed by atoms with Gasteiger partial charge in [-0.3, -0.25) is 9.59 Å². The van der Waals surface area contributed by atoms with Crippen LogP contribution in [0.1, 0.15) is 19.3 Å². The van der Waals surface area contributed by atoms with E-state index in [2.05, 4.69) is 0 Å². The van der Waals surface area contributed by atoms with Crippen molar-refractivity contribution in [1.82, 2.24) is 0 Å². The summed E-state index contributed by atoms with van der Waals surface area (Å²) in [6, 6.07) is 0. The molecular weight excluding hydrogens is 168 g/mol. The average Bonchev–Trinajstić information content (AvgIpc) is 1.51. The van der Waals surface area contributed by atoms with E-state index < -0.39 is 16.8 Å². The molecule has 0 aliphatic heterocycles. The van der Waals surface area contributed by atoms with Crippen molar-refractivity contribution in [3.8, 4) is 0 Å². The second-order valence-electron chi connectivity index (χ2n) is 3.67. The largest absolute Gasteiger partial charge is 0.481 e. The van der Waals surface area contributed by atoms with Crippen LogP contribution < -0.4 is 0 Å². The van der Waals surface area contributed by atoms with Gasteiger partial charge in [0.15, 0.2) is 0 Å². The Labute approximate surface area is 68.3 Å². The molecule has 0 saturated heterocycles. The molecule has 4 heteroatoms. The molecule has 3 saturated carbocycles. The number of aliphatic carboxylic acids is 1. The summed E-state index contributed by atoms with van der Waals surface area (Å²) in [5.74, 6) is -0.780. The van der Waals surface area contributed by atoms with Gasteiger partial charge < -0.3 is 5.11 Å². The van der Waals surface area contributed by atoms with Gasteiger partial charge in [-0.1, -0.05) is 0 Å². The van der Waals surface area contributed by atoms with Crippen LogP contribution >= 0.6 is 11.6 Å². The molecule has 0 radical (unpaired) electrons. The molecule has 0 aromatic heterocycles. The van der Waals surface area contributed by atoms with E-state index in [1.807, 2.05) is 0 Å². The lowest BCUT2D eigenvalue weighted by molar-refractivity contribution is -0.215. The summed E-state index contributed by atoms with van der Waals surface area (Å²) >= 11 is 5.29. The van der Waals surface area contributed by atoms with Gasteiger partial charge >= 0.3 is 5.97 Å². The van der Waals surface area contributed by atoms with E-state index in [0.29, 0.717) is 19.3 Å². The Balaban J connectivity index is 2.10. The summed E-state index contributed by atoms with van der Waals surface area (Å²) < 4.78 is 0. The highest BCUT2D eigenvalue weighted by Gasteiger charge is 2.74. The SMILES string of the molecule is O=C(O)C12CC(C(=O)Cl)(C1)C2. The third kappa shape index (κ3) is 0.601. The van der Waals surface area contributed by atoms with Crippen molar-refractivity contribution in [3.05, 3.63) is 0 Å². The molecule has 0 heterocycles. The predicted molar refractivity (Wildman–Crippen MR) is 37.2 cm³/mol. The van der Waals surface area contributed by atoms with E-state index >= 15 is 0 Å². The van der Waals surface area contributed by atoms with Crippen LogP contribution in [0.15, 0.2) is 0 Å². The van der Waals surface area contributed by atoms with E-state index in [0.717, 1.165) is 0 Å². The number of carbonyl (C=O) groups is 2. The van der Waals surface area contributed by atoms with Crippen LogP contribution in [0, 0.1) is 10.8 Å². The Hall–Kier alpha value is -0.570. The van der Waals surface area contributed by atoms with Gasteiger partial charge in [-0.2, -0.15) is 0 Å². The van der Waals surface area contributed by atoms with Crippen LogP contribution in [0.3, 0.4) is 0 Å². The first-order valence-electron chi connectivity index (χ1n) is 3.44. The molecule has 0 atom stereocenters. The maximum absolute atomic E-state index is 10.7. The smallest absolute Gasteiger partial charge is 0.309 e. The van der Waals surface area contributed by atoms with E-state index in [4.69, 9.17) is 16.7 Å². The van der Waals surface area contributed by atoms with Crippen molar-refractivity contribution in [2.75, 3.05) is 0 Å². The lowest BCUT2D eigenvalue weighted by Crippen LogP contribution is -2.67. The molecule has 0 aromatic rings. The van der Waals surface area contributed by atoms with Crippen LogP contribution in [-0.2, 0) is 9.59 Å². The van der Waals surface area contributed by atoms with Crippen molar-refractivity contribution in [3.63, 3.8) is 0 Å². The molecule has 3 aliphatic rings. The zero-order valence-electron chi connectivity index (χ0n) is 5.76. The van der Waals surface area contributed by atoms with Gasteiger partial charge in [0.2, 0.25) is 5.24 Å². The fourth-order valence-corrected chi connectivity index (χ4v) is 2.42. The molecule has 2 bridgehead atoms. The number of carboxylic acid groups (broad SMARTS) is 1. The molecule has 11 heavy (non-hydrogen) atoms. The molecule has 60 valence electrons. The zero-order valence-corrected chi connectivity index (χ0v) is 6.52. The van der Waals surface area contributed by atoms with E-state index in [1.54, 1.807) is 0 Å². The van der Waals surface area contributed by atoms with Gasteiger partial charge in [0.05, 0.1) is 5.41 Å². The summed E-state index contributed by atoms with van der Waals surface area (Å²) in [6.07, 6.45) is 1.37. The van der Waals surface area contributed by atoms with Crippen LogP contribution in [0.5, 0.6) is 0 Å². The average molecular weight is 175 g/mol. The minimum absolute atomic E-state index is 0.361. The Bertz CT molecular complexity index is 215. The van der Waals surface area contributed by atoms with E-state index in [1.165, 1.54) is 0 Å². The van der Waals surface area contributed by atoms with Gasteiger partial charge in [0.1, 0.15) is 0 Å². The highest BCUT2D eigenvalue weighted by Crippen LogP contribution is 2.74. The van der Waals surface area contributed by atoms with E-state index in [-0.39, 0.29) is 5.24 Å². The van der Waals surface area contributed by atoms with Gasteiger partial charge in [-0.25, -0.2) is 0 Å². The van der Waals surface area contributed by atoms with Crippen LogP contribution in [0.4, 0.5) is 0 Å². The molecule has 3 fully saturated rings. The normalized spacial score (nSPS) is 45.5. The summed E-state index contributed by atoms with van der Waals surface area (Å²) in [5.41, 5.74) is -1.02. The molecule has 0 amide bonds. The van der Waals surface area contributed by atoms with Crippen molar-refractivity contribution < 1.29 is 14.7 Å². The van der Waals surface area contributed by atoms with Crippen molar-refractivity contribution in [2.45, 2.75) is 19.3 Å².